The van der Waals surface area contributed by atoms with Gasteiger partial charge in [0, 0.05) is 10.4 Å². The van der Waals surface area contributed by atoms with Gasteiger partial charge in [-0.2, -0.15) is 4.80 Å². The Morgan fingerprint density at radius 1 is 1.20 bits per heavy atom. The van der Waals surface area contributed by atoms with Gasteiger partial charge in [-0.25, -0.2) is 0 Å². The van der Waals surface area contributed by atoms with E-state index in [1.54, 1.807) is 11.3 Å². The van der Waals surface area contributed by atoms with E-state index in [9.17, 15) is 4.79 Å². The van der Waals surface area contributed by atoms with Gasteiger partial charge in [-0.1, -0.05) is 57.2 Å². The second-order valence-electron chi connectivity index (χ2n) is 6.89. The summed E-state index contributed by atoms with van der Waals surface area (Å²) in [4.78, 5) is 14.9. The van der Waals surface area contributed by atoms with Crippen molar-refractivity contribution in [3.05, 3.63) is 52.7 Å². The highest BCUT2D eigenvalue weighted by Crippen LogP contribution is 2.35. The molecule has 0 bridgehead atoms. The summed E-state index contributed by atoms with van der Waals surface area (Å²) in [5.74, 6) is 0.379. The van der Waals surface area contributed by atoms with Crippen molar-refractivity contribution in [2.75, 3.05) is 0 Å². The van der Waals surface area contributed by atoms with Gasteiger partial charge < -0.3 is 5.32 Å². The maximum Gasteiger partial charge on any atom is 0.244 e. The summed E-state index contributed by atoms with van der Waals surface area (Å²) < 4.78 is 0. The van der Waals surface area contributed by atoms with Crippen LogP contribution >= 0.6 is 11.3 Å². The molecule has 0 aliphatic rings. The van der Waals surface area contributed by atoms with Gasteiger partial charge in [-0.15, -0.1) is 21.5 Å². The van der Waals surface area contributed by atoms with E-state index in [-0.39, 0.29) is 23.9 Å². The number of hydrogen-bond donors (Lipinski definition) is 1. The van der Waals surface area contributed by atoms with Gasteiger partial charge in [0.25, 0.3) is 0 Å². The molecule has 1 unspecified atom stereocenters. The van der Waals surface area contributed by atoms with Gasteiger partial charge in [0.1, 0.15) is 6.54 Å². The molecule has 3 rings (SSSR count). The third kappa shape index (κ3) is 4.30. The van der Waals surface area contributed by atoms with Gasteiger partial charge in [0.05, 0.1) is 6.04 Å². The first-order valence-corrected chi connectivity index (χ1v) is 8.97. The van der Waals surface area contributed by atoms with Crippen LogP contribution in [0.1, 0.15) is 31.7 Å². The molecule has 0 aliphatic heterocycles. The van der Waals surface area contributed by atoms with E-state index in [1.807, 2.05) is 47.8 Å². The normalized spacial score (nSPS) is 12.8. The minimum atomic E-state index is -0.134. The molecule has 1 atom stereocenters. The Labute approximate surface area is 150 Å². The Bertz CT molecular complexity index is 821. The Morgan fingerprint density at radius 2 is 1.96 bits per heavy atom. The second-order valence-corrected chi connectivity index (χ2v) is 7.87. The molecule has 2 heterocycles. The van der Waals surface area contributed by atoms with Crippen molar-refractivity contribution >= 4 is 17.2 Å². The molecule has 130 valence electrons. The van der Waals surface area contributed by atoms with Crippen LogP contribution in [0.25, 0.3) is 11.4 Å². The van der Waals surface area contributed by atoms with Gasteiger partial charge in [0.2, 0.25) is 11.7 Å². The van der Waals surface area contributed by atoms with E-state index < -0.39 is 0 Å². The lowest BCUT2D eigenvalue weighted by Gasteiger charge is -2.30. The van der Waals surface area contributed by atoms with Gasteiger partial charge in [-0.3, -0.25) is 4.79 Å². The molecule has 7 heteroatoms. The number of tetrazole rings is 1. The Morgan fingerprint density at radius 3 is 2.60 bits per heavy atom. The van der Waals surface area contributed by atoms with Crippen LogP contribution in [0.3, 0.4) is 0 Å². The Kier molecular flexibility index (Phi) is 4.94. The molecule has 2 aromatic heterocycles. The fourth-order valence-corrected chi connectivity index (χ4v) is 3.54. The minimum absolute atomic E-state index is 0.0395. The van der Waals surface area contributed by atoms with Crippen molar-refractivity contribution < 1.29 is 4.79 Å². The lowest BCUT2D eigenvalue weighted by atomic mass is 9.86. The summed E-state index contributed by atoms with van der Waals surface area (Å²) in [6.07, 6.45) is 0. The van der Waals surface area contributed by atoms with Crippen LogP contribution in [0.15, 0.2) is 47.8 Å². The lowest BCUT2D eigenvalue weighted by Crippen LogP contribution is -2.38. The average molecular weight is 355 g/mol. The third-order valence-electron chi connectivity index (χ3n) is 3.77. The van der Waals surface area contributed by atoms with E-state index in [4.69, 9.17) is 0 Å². The van der Waals surface area contributed by atoms with Gasteiger partial charge >= 0.3 is 0 Å². The molecule has 0 saturated carbocycles. The van der Waals surface area contributed by atoms with E-state index >= 15 is 0 Å². The molecular formula is C18H21N5OS. The fraction of sp³-hybridized carbons (Fsp3) is 0.333. The van der Waals surface area contributed by atoms with E-state index in [1.165, 1.54) is 4.80 Å². The number of hydrogen-bond acceptors (Lipinski definition) is 5. The van der Waals surface area contributed by atoms with Crippen LogP contribution in [0.4, 0.5) is 0 Å². The largest absolute Gasteiger partial charge is 0.346 e. The van der Waals surface area contributed by atoms with Gasteiger partial charge in [0.15, 0.2) is 0 Å². The van der Waals surface area contributed by atoms with E-state index in [0.717, 1.165) is 10.4 Å². The summed E-state index contributed by atoms with van der Waals surface area (Å²) in [6.45, 7) is 6.37. The van der Waals surface area contributed by atoms with Crippen LogP contribution in [-0.2, 0) is 11.3 Å². The molecule has 1 amide bonds. The summed E-state index contributed by atoms with van der Waals surface area (Å²) >= 11 is 1.64. The van der Waals surface area contributed by atoms with Crippen LogP contribution in [0.5, 0.6) is 0 Å². The number of carbonyl (C=O) groups is 1. The molecule has 0 saturated heterocycles. The van der Waals surface area contributed by atoms with Crippen molar-refractivity contribution in [1.82, 2.24) is 25.5 Å². The van der Waals surface area contributed by atoms with Crippen LogP contribution < -0.4 is 5.32 Å². The molecule has 0 radical (unpaired) electrons. The number of nitrogens with zero attached hydrogens (tertiary/aromatic N) is 4. The number of thiophene rings is 1. The van der Waals surface area contributed by atoms with Crippen LogP contribution in [0.2, 0.25) is 0 Å². The maximum atomic E-state index is 12.5. The molecule has 3 aromatic rings. The summed E-state index contributed by atoms with van der Waals surface area (Å²) in [5, 5.41) is 17.4. The van der Waals surface area contributed by atoms with Crippen molar-refractivity contribution in [3.8, 4) is 11.4 Å². The van der Waals surface area contributed by atoms with E-state index in [0.29, 0.717) is 5.82 Å². The van der Waals surface area contributed by atoms with Crippen molar-refractivity contribution in [1.29, 1.82) is 0 Å². The first kappa shape index (κ1) is 17.3. The van der Waals surface area contributed by atoms with Crippen LogP contribution in [0, 0.1) is 5.41 Å². The minimum Gasteiger partial charge on any atom is -0.346 e. The zero-order valence-electron chi connectivity index (χ0n) is 14.5. The zero-order valence-corrected chi connectivity index (χ0v) is 15.3. The highest BCUT2D eigenvalue weighted by atomic mass is 32.1. The molecule has 0 fully saturated rings. The lowest BCUT2D eigenvalue weighted by molar-refractivity contribution is -0.123. The standard InChI is InChI=1S/C18H21N5OS/c1-18(2,3)16(14-10-7-11-25-14)19-15(24)12-23-21-17(20-22-23)13-8-5-4-6-9-13/h4-11,16H,12H2,1-3H3,(H,19,24). The Hall–Kier alpha value is -2.54. The first-order chi connectivity index (χ1) is 11.9. The predicted molar refractivity (Wildman–Crippen MR) is 97.9 cm³/mol. The molecule has 1 N–H and O–H groups in total. The van der Waals surface area contributed by atoms with E-state index in [2.05, 4.69) is 41.5 Å². The molecule has 6 nitrogen and oxygen atoms in total. The highest BCUT2D eigenvalue weighted by molar-refractivity contribution is 7.10. The smallest absolute Gasteiger partial charge is 0.244 e. The second kappa shape index (κ2) is 7.14. The number of rotatable bonds is 5. The number of benzene rings is 1. The van der Waals surface area contributed by atoms with Crippen LogP contribution in [-0.4, -0.2) is 26.1 Å². The van der Waals surface area contributed by atoms with Crippen molar-refractivity contribution in [3.63, 3.8) is 0 Å². The summed E-state index contributed by atoms with van der Waals surface area (Å²) in [7, 11) is 0. The number of amides is 1. The zero-order chi connectivity index (χ0) is 17.9. The molecule has 1 aromatic carbocycles. The van der Waals surface area contributed by atoms with Crippen molar-refractivity contribution in [2.24, 2.45) is 5.41 Å². The average Bonchev–Trinajstić information content (AvgIpc) is 3.24. The SMILES string of the molecule is CC(C)(C)C(NC(=O)Cn1nnc(-c2ccccc2)n1)c1cccs1. The Balaban J connectivity index is 1.69. The highest BCUT2D eigenvalue weighted by Gasteiger charge is 2.28. The number of aromatic nitrogens is 4. The van der Waals surface area contributed by atoms with Crippen molar-refractivity contribution in [2.45, 2.75) is 33.4 Å². The topological polar surface area (TPSA) is 72.7 Å². The number of nitrogens with one attached hydrogen (secondary N) is 1. The van der Waals surface area contributed by atoms with Gasteiger partial charge in [-0.05, 0) is 22.1 Å². The summed E-state index contributed by atoms with van der Waals surface area (Å²) in [5.41, 5.74) is 0.784. The molecular weight excluding hydrogens is 334 g/mol. The number of carbonyl (C=O) groups excluding carboxylic acids is 1. The monoisotopic (exact) mass is 355 g/mol. The summed E-state index contributed by atoms with van der Waals surface area (Å²) in [6, 6.07) is 13.6. The quantitative estimate of drug-likeness (QED) is 0.762. The molecule has 25 heavy (non-hydrogen) atoms. The fourth-order valence-electron chi connectivity index (χ4n) is 2.52. The molecule has 0 spiro atoms. The third-order valence-corrected chi connectivity index (χ3v) is 4.71. The maximum absolute atomic E-state index is 12.5. The molecule has 0 aliphatic carbocycles. The first-order valence-electron chi connectivity index (χ1n) is 8.09. The predicted octanol–water partition coefficient (Wildman–Crippen LogP) is 3.31.